The van der Waals surface area contributed by atoms with Gasteiger partial charge in [0, 0.05) is 4.90 Å². The molecule has 1 aromatic carbocycles. The number of carboxylic acid groups (broad SMARTS) is 1. The third-order valence-electron chi connectivity index (χ3n) is 2.88. The van der Waals surface area contributed by atoms with Crippen LogP contribution >= 0.6 is 23.4 Å². The van der Waals surface area contributed by atoms with Gasteiger partial charge in [-0.15, -0.1) is 0 Å². The van der Waals surface area contributed by atoms with Gasteiger partial charge in [0.2, 0.25) is 0 Å². The van der Waals surface area contributed by atoms with Crippen LogP contribution in [0.5, 0.6) is 0 Å². The molecular formula is C14H10ClN3O2S. The summed E-state index contributed by atoms with van der Waals surface area (Å²) < 4.78 is 1.71. The summed E-state index contributed by atoms with van der Waals surface area (Å²) in [4.78, 5) is 16.1. The molecule has 0 aliphatic carbocycles. The second-order valence-electron chi connectivity index (χ2n) is 4.45. The maximum atomic E-state index is 11.1. The van der Waals surface area contributed by atoms with Crippen LogP contribution in [0.15, 0.2) is 46.6 Å². The van der Waals surface area contributed by atoms with Gasteiger partial charge < -0.3 is 5.11 Å². The van der Waals surface area contributed by atoms with Crippen LogP contribution in [-0.4, -0.2) is 25.7 Å². The first-order valence-corrected chi connectivity index (χ1v) is 7.25. The van der Waals surface area contributed by atoms with Crippen LogP contribution < -0.4 is 0 Å². The molecule has 0 radical (unpaired) electrons. The summed E-state index contributed by atoms with van der Waals surface area (Å²) in [6.45, 7) is 1.98. The van der Waals surface area contributed by atoms with E-state index in [-0.39, 0.29) is 10.6 Å². The third-order valence-corrected chi connectivity index (χ3v) is 4.20. The smallest absolute Gasteiger partial charge is 0.337 e. The van der Waals surface area contributed by atoms with Crippen molar-refractivity contribution in [3.63, 3.8) is 0 Å². The molecule has 2 heterocycles. The zero-order chi connectivity index (χ0) is 15.0. The Bertz CT molecular complexity index is 847. The molecule has 0 atom stereocenters. The second-order valence-corrected chi connectivity index (χ2v) is 5.95. The first kappa shape index (κ1) is 13.9. The van der Waals surface area contributed by atoms with Gasteiger partial charge in [-0.25, -0.2) is 14.3 Å². The molecule has 3 rings (SSSR count). The first-order chi connectivity index (χ1) is 10.0. The number of hydrogen-bond acceptors (Lipinski definition) is 4. The number of halogens is 1. The van der Waals surface area contributed by atoms with Crippen LogP contribution in [0, 0.1) is 6.92 Å². The van der Waals surface area contributed by atoms with Gasteiger partial charge in [0.1, 0.15) is 11.4 Å². The van der Waals surface area contributed by atoms with Gasteiger partial charge in [-0.1, -0.05) is 23.4 Å². The molecular weight excluding hydrogens is 310 g/mol. The molecule has 0 aliphatic rings. The van der Waals surface area contributed by atoms with Gasteiger partial charge >= 0.3 is 5.97 Å². The van der Waals surface area contributed by atoms with Gasteiger partial charge in [0.15, 0.2) is 5.65 Å². The minimum atomic E-state index is -1.04. The highest BCUT2D eigenvalue weighted by atomic mass is 35.5. The summed E-state index contributed by atoms with van der Waals surface area (Å²) in [5, 5.41) is 14.4. The Labute approximate surface area is 129 Å². The molecule has 5 nitrogen and oxygen atoms in total. The quantitative estimate of drug-likeness (QED) is 0.799. The molecule has 106 valence electrons. The first-order valence-electron chi connectivity index (χ1n) is 6.05. The SMILES string of the molecule is Cc1cc(Sc2ccc(Cl)c(C(=O)O)c2)n2ncnc2c1. The zero-order valence-electron chi connectivity index (χ0n) is 10.9. The number of aromatic nitrogens is 3. The highest BCUT2D eigenvalue weighted by Crippen LogP contribution is 2.31. The lowest BCUT2D eigenvalue weighted by Gasteiger charge is -2.07. The van der Waals surface area contributed by atoms with Crippen molar-refractivity contribution in [3.05, 3.63) is 52.8 Å². The number of carboxylic acids is 1. The molecule has 2 aromatic heterocycles. The van der Waals surface area contributed by atoms with Crippen LogP contribution in [0.4, 0.5) is 0 Å². The topological polar surface area (TPSA) is 67.5 Å². The van der Waals surface area contributed by atoms with E-state index in [4.69, 9.17) is 16.7 Å². The van der Waals surface area contributed by atoms with E-state index in [9.17, 15) is 4.79 Å². The number of benzene rings is 1. The average Bonchev–Trinajstić information content (AvgIpc) is 2.88. The lowest BCUT2D eigenvalue weighted by Crippen LogP contribution is -1.98. The number of aromatic carboxylic acids is 1. The summed E-state index contributed by atoms with van der Waals surface area (Å²) in [6, 6.07) is 8.83. The molecule has 0 spiro atoms. The number of rotatable bonds is 3. The standard InChI is InChI=1S/C14H10ClN3O2S/c1-8-4-12-16-7-17-18(12)13(5-8)21-9-2-3-11(15)10(6-9)14(19)20/h2-7H,1H3,(H,19,20). The number of hydrogen-bond donors (Lipinski definition) is 1. The van der Waals surface area contributed by atoms with Gasteiger partial charge in [-0.3, -0.25) is 0 Å². The lowest BCUT2D eigenvalue weighted by molar-refractivity contribution is 0.0697. The normalized spacial score (nSPS) is 11.0. The van der Waals surface area contributed by atoms with Crippen molar-refractivity contribution in [2.75, 3.05) is 0 Å². The Kier molecular flexibility index (Phi) is 3.57. The van der Waals surface area contributed by atoms with Crippen molar-refractivity contribution in [1.82, 2.24) is 14.6 Å². The molecule has 0 saturated carbocycles. The predicted molar refractivity (Wildman–Crippen MR) is 80.3 cm³/mol. The Hall–Kier alpha value is -2.05. The Morgan fingerprint density at radius 2 is 2.14 bits per heavy atom. The van der Waals surface area contributed by atoms with E-state index < -0.39 is 5.97 Å². The zero-order valence-corrected chi connectivity index (χ0v) is 12.5. The molecule has 0 unspecified atom stereocenters. The Morgan fingerprint density at radius 1 is 1.33 bits per heavy atom. The minimum absolute atomic E-state index is 0.0872. The maximum absolute atomic E-state index is 11.1. The maximum Gasteiger partial charge on any atom is 0.337 e. The van der Waals surface area contributed by atoms with E-state index in [1.165, 1.54) is 18.1 Å². The van der Waals surface area contributed by atoms with E-state index in [0.29, 0.717) is 0 Å². The molecule has 21 heavy (non-hydrogen) atoms. The molecule has 1 N–H and O–H groups in total. The fourth-order valence-electron chi connectivity index (χ4n) is 1.95. The van der Waals surface area contributed by atoms with E-state index in [1.807, 2.05) is 19.1 Å². The average molecular weight is 320 g/mol. The molecule has 3 aromatic rings. The van der Waals surface area contributed by atoms with E-state index in [2.05, 4.69) is 10.1 Å². The summed E-state index contributed by atoms with van der Waals surface area (Å²) in [7, 11) is 0. The fraction of sp³-hybridized carbons (Fsp3) is 0.0714. The van der Waals surface area contributed by atoms with Crippen molar-refractivity contribution >= 4 is 35.0 Å². The molecule has 0 amide bonds. The molecule has 7 heteroatoms. The molecule has 0 saturated heterocycles. The van der Waals surface area contributed by atoms with Crippen molar-refractivity contribution in [2.45, 2.75) is 16.8 Å². The summed E-state index contributed by atoms with van der Waals surface area (Å²) >= 11 is 7.29. The summed E-state index contributed by atoms with van der Waals surface area (Å²) in [6.07, 6.45) is 1.49. The van der Waals surface area contributed by atoms with E-state index >= 15 is 0 Å². The highest BCUT2D eigenvalue weighted by Gasteiger charge is 2.12. The molecule has 0 fully saturated rings. The Morgan fingerprint density at radius 3 is 2.90 bits per heavy atom. The van der Waals surface area contributed by atoms with Gasteiger partial charge in [0.05, 0.1) is 10.6 Å². The number of nitrogens with zero attached hydrogens (tertiary/aromatic N) is 3. The predicted octanol–water partition coefficient (Wildman–Crippen LogP) is 3.54. The van der Waals surface area contributed by atoms with Crippen LogP contribution in [0.3, 0.4) is 0 Å². The van der Waals surface area contributed by atoms with Crippen LogP contribution in [0.1, 0.15) is 15.9 Å². The largest absolute Gasteiger partial charge is 0.478 e. The van der Waals surface area contributed by atoms with Crippen LogP contribution in [0.2, 0.25) is 5.02 Å². The van der Waals surface area contributed by atoms with Crippen molar-refractivity contribution < 1.29 is 9.90 Å². The van der Waals surface area contributed by atoms with Crippen LogP contribution in [-0.2, 0) is 0 Å². The van der Waals surface area contributed by atoms with E-state index in [0.717, 1.165) is 21.1 Å². The fourth-order valence-corrected chi connectivity index (χ4v) is 3.17. The number of fused-ring (bicyclic) bond motifs is 1. The van der Waals surface area contributed by atoms with Crippen LogP contribution in [0.25, 0.3) is 5.65 Å². The summed E-state index contributed by atoms with van der Waals surface area (Å²) in [5.41, 5.74) is 1.90. The van der Waals surface area contributed by atoms with Gasteiger partial charge in [-0.05, 0) is 42.8 Å². The van der Waals surface area contributed by atoms with Crippen molar-refractivity contribution in [1.29, 1.82) is 0 Å². The van der Waals surface area contributed by atoms with Crippen molar-refractivity contribution in [3.8, 4) is 0 Å². The Balaban J connectivity index is 2.04. The summed E-state index contributed by atoms with van der Waals surface area (Å²) in [5.74, 6) is -1.04. The number of aryl methyl sites for hydroxylation is 1. The van der Waals surface area contributed by atoms with Gasteiger partial charge in [-0.2, -0.15) is 5.10 Å². The number of carbonyl (C=O) groups is 1. The van der Waals surface area contributed by atoms with Crippen molar-refractivity contribution in [2.24, 2.45) is 0 Å². The highest BCUT2D eigenvalue weighted by molar-refractivity contribution is 7.99. The monoisotopic (exact) mass is 319 g/mol. The molecule has 0 bridgehead atoms. The number of pyridine rings is 1. The van der Waals surface area contributed by atoms with Gasteiger partial charge in [0.25, 0.3) is 0 Å². The second kappa shape index (κ2) is 5.38. The third kappa shape index (κ3) is 2.72. The van der Waals surface area contributed by atoms with E-state index in [1.54, 1.807) is 22.7 Å². The minimum Gasteiger partial charge on any atom is -0.478 e. The molecule has 0 aliphatic heterocycles. The lowest BCUT2D eigenvalue weighted by atomic mass is 10.2.